The molecule has 19 heavy (non-hydrogen) atoms. The lowest BCUT2D eigenvalue weighted by Gasteiger charge is -2.11. The Morgan fingerprint density at radius 3 is 2.84 bits per heavy atom. The molecule has 6 nitrogen and oxygen atoms in total. The Balaban J connectivity index is 2.16. The fourth-order valence-electron chi connectivity index (χ4n) is 1.73. The predicted octanol–water partition coefficient (Wildman–Crippen LogP) is 1.17. The molecule has 0 saturated carbocycles. The molecule has 1 aromatic heterocycles. The Labute approximate surface area is 111 Å². The fourth-order valence-corrected chi connectivity index (χ4v) is 1.73. The number of hydrogen-bond acceptors (Lipinski definition) is 6. The number of nitrogens with zero attached hydrogens (tertiary/aromatic N) is 3. The minimum atomic E-state index is 0.101. The molecule has 0 aliphatic carbocycles. The Bertz CT molecular complexity index is 527. The molecule has 0 atom stereocenters. The van der Waals surface area contributed by atoms with E-state index >= 15 is 0 Å². The van der Waals surface area contributed by atoms with Gasteiger partial charge in [0.15, 0.2) is 0 Å². The molecular formula is C13H17N3O3. The van der Waals surface area contributed by atoms with Crippen molar-refractivity contribution in [1.29, 1.82) is 0 Å². The van der Waals surface area contributed by atoms with Crippen molar-refractivity contribution >= 4 is 0 Å². The van der Waals surface area contributed by atoms with Gasteiger partial charge in [0.2, 0.25) is 5.89 Å². The Hall–Kier alpha value is -1.92. The topological polar surface area (TPSA) is 71.6 Å². The first-order chi connectivity index (χ1) is 9.24. The largest absolute Gasteiger partial charge is 0.496 e. The highest BCUT2D eigenvalue weighted by Gasteiger charge is 2.13. The number of aliphatic hydroxyl groups is 1. The summed E-state index contributed by atoms with van der Waals surface area (Å²) in [5.41, 5.74) is 0.772. The van der Waals surface area contributed by atoms with E-state index in [1.54, 1.807) is 7.11 Å². The summed E-state index contributed by atoms with van der Waals surface area (Å²) >= 11 is 0. The van der Waals surface area contributed by atoms with Crippen LogP contribution in [0.4, 0.5) is 0 Å². The normalized spacial score (nSPS) is 10.9. The first kappa shape index (κ1) is 13.5. The molecule has 0 unspecified atom stereocenters. The second-order valence-corrected chi connectivity index (χ2v) is 4.16. The van der Waals surface area contributed by atoms with E-state index in [2.05, 4.69) is 10.2 Å². The molecule has 6 heteroatoms. The number of aliphatic hydroxyl groups excluding tert-OH is 1. The van der Waals surface area contributed by atoms with Crippen molar-refractivity contribution in [2.45, 2.75) is 6.54 Å². The summed E-state index contributed by atoms with van der Waals surface area (Å²) in [6, 6.07) is 7.49. The summed E-state index contributed by atoms with van der Waals surface area (Å²) < 4.78 is 10.9. The zero-order chi connectivity index (χ0) is 13.7. The van der Waals surface area contributed by atoms with E-state index in [0.717, 1.165) is 5.56 Å². The summed E-state index contributed by atoms with van der Waals surface area (Å²) in [6.45, 7) is 1.17. The molecule has 0 aliphatic heterocycles. The molecule has 1 heterocycles. The molecule has 1 N–H and O–H groups in total. The van der Waals surface area contributed by atoms with Crippen LogP contribution in [0.3, 0.4) is 0 Å². The highest BCUT2D eigenvalue weighted by atomic mass is 16.5. The number of methoxy groups -OCH3 is 1. The molecule has 1 aromatic carbocycles. The summed E-state index contributed by atoms with van der Waals surface area (Å²) in [7, 11) is 3.48. The lowest BCUT2D eigenvalue weighted by atomic mass is 10.2. The van der Waals surface area contributed by atoms with Crippen LogP contribution in [0.25, 0.3) is 11.5 Å². The van der Waals surface area contributed by atoms with Crippen LogP contribution < -0.4 is 4.74 Å². The predicted molar refractivity (Wildman–Crippen MR) is 69.7 cm³/mol. The highest BCUT2D eigenvalue weighted by molar-refractivity contribution is 5.62. The van der Waals surface area contributed by atoms with E-state index < -0.39 is 0 Å². The van der Waals surface area contributed by atoms with Gasteiger partial charge in [-0.3, -0.25) is 4.90 Å². The minimum Gasteiger partial charge on any atom is -0.496 e. The minimum absolute atomic E-state index is 0.101. The molecule has 0 saturated heterocycles. The van der Waals surface area contributed by atoms with Crippen LogP contribution in [-0.2, 0) is 6.54 Å². The van der Waals surface area contributed by atoms with Crippen molar-refractivity contribution in [3.05, 3.63) is 30.2 Å². The van der Waals surface area contributed by atoms with Crippen LogP contribution in [0, 0.1) is 0 Å². The van der Waals surface area contributed by atoms with Gasteiger partial charge in [-0.2, -0.15) is 0 Å². The molecule has 0 spiro atoms. The lowest BCUT2D eigenvalue weighted by molar-refractivity contribution is 0.206. The maximum Gasteiger partial charge on any atom is 0.251 e. The van der Waals surface area contributed by atoms with Crippen LogP contribution in [0.2, 0.25) is 0 Å². The van der Waals surface area contributed by atoms with Crippen LogP contribution >= 0.6 is 0 Å². The van der Waals surface area contributed by atoms with Crippen molar-refractivity contribution < 1.29 is 14.3 Å². The third-order valence-corrected chi connectivity index (χ3v) is 2.69. The van der Waals surface area contributed by atoms with Gasteiger partial charge in [-0.25, -0.2) is 0 Å². The van der Waals surface area contributed by atoms with Crippen LogP contribution in [0.5, 0.6) is 5.75 Å². The van der Waals surface area contributed by atoms with Gasteiger partial charge < -0.3 is 14.3 Å². The molecule has 102 valence electrons. The number of ether oxygens (including phenoxy) is 1. The van der Waals surface area contributed by atoms with Crippen molar-refractivity contribution in [2.75, 3.05) is 27.3 Å². The second kappa shape index (κ2) is 6.31. The quantitative estimate of drug-likeness (QED) is 0.843. The Morgan fingerprint density at radius 1 is 1.32 bits per heavy atom. The SMILES string of the molecule is COc1ccccc1-c1nnc(CN(C)CCO)o1. The van der Waals surface area contributed by atoms with Gasteiger partial charge in [0.25, 0.3) is 5.89 Å². The summed E-state index contributed by atoms with van der Waals surface area (Å²) in [5.74, 6) is 1.64. The van der Waals surface area contributed by atoms with Gasteiger partial charge in [0, 0.05) is 6.54 Å². The van der Waals surface area contributed by atoms with E-state index in [1.165, 1.54) is 0 Å². The van der Waals surface area contributed by atoms with Crippen molar-refractivity contribution in [1.82, 2.24) is 15.1 Å². The van der Waals surface area contributed by atoms with Gasteiger partial charge in [-0.15, -0.1) is 10.2 Å². The number of hydrogen-bond donors (Lipinski definition) is 1. The van der Waals surface area contributed by atoms with E-state index in [0.29, 0.717) is 30.6 Å². The summed E-state index contributed by atoms with van der Waals surface area (Å²) in [6.07, 6.45) is 0. The maximum absolute atomic E-state index is 8.84. The van der Waals surface area contributed by atoms with Crippen LogP contribution in [-0.4, -0.2) is 47.5 Å². The van der Waals surface area contributed by atoms with Crippen molar-refractivity contribution in [2.24, 2.45) is 0 Å². The summed E-state index contributed by atoms with van der Waals surface area (Å²) in [4.78, 5) is 1.90. The van der Waals surface area contributed by atoms with Gasteiger partial charge in [-0.1, -0.05) is 12.1 Å². The van der Waals surface area contributed by atoms with Gasteiger partial charge in [0.05, 0.1) is 25.8 Å². The van der Waals surface area contributed by atoms with E-state index in [-0.39, 0.29) is 6.61 Å². The highest BCUT2D eigenvalue weighted by Crippen LogP contribution is 2.28. The Kier molecular flexibility index (Phi) is 4.48. The molecule has 2 rings (SSSR count). The van der Waals surface area contributed by atoms with Crippen molar-refractivity contribution in [3.8, 4) is 17.2 Å². The zero-order valence-electron chi connectivity index (χ0n) is 11.0. The monoisotopic (exact) mass is 263 g/mol. The molecule has 0 radical (unpaired) electrons. The van der Waals surface area contributed by atoms with Crippen LogP contribution in [0.1, 0.15) is 5.89 Å². The van der Waals surface area contributed by atoms with E-state index in [9.17, 15) is 0 Å². The smallest absolute Gasteiger partial charge is 0.251 e. The number of aromatic nitrogens is 2. The fraction of sp³-hybridized carbons (Fsp3) is 0.385. The Morgan fingerprint density at radius 2 is 2.11 bits per heavy atom. The standard InChI is InChI=1S/C13H17N3O3/c1-16(7-8-17)9-12-14-15-13(19-12)10-5-3-4-6-11(10)18-2/h3-6,17H,7-9H2,1-2H3. The number of para-hydroxylation sites is 1. The van der Waals surface area contributed by atoms with Gasteiger partial charge in [-0.05, 0) is 19.2 Å². The third kappa shape index (κ3) is 3.30. The van der Waals surface area contributed by atoms with Crippen LogP contribution in [0.15, 0.2) is 28.7 Å². The number of benzene rings is 1. The zero-order valence-corrected chi connectivity index (χ0v) is 11.0. The van der Waals surface area contributed by atoms with E-state index in [4.69, 9.17) is 14.3 Å². The number of rotatable bonds is 6. The molecular weight excluding hydrogens is 246 g/mol. The molecule has 0 aliphatic rings. The average Bonchev–Trinajstić information content (AvgIpc) is 2.87. The number of likely N-dealkylation sites (N-methyl/N-ethyl adjacent to an activating group) is 1. The van der Waals surface area contributed by atoms with E-state index in [1.807, 2.05) is 36.2 Å². The molecule has 0 amide bonds. The molecule has 2 aromatic rings. The third-order valence-electron chi connectivity index (χ3n) is 2.69. The van der Waals surface area contributed by atoms with Gasteiger partial charge >= 0.3 is 0 Å². The molecule has 0 fully saturated rings. The summed E-state index contributed by atoms with van der Waals surface area (Å²) in [5, 5.41) is 16.9. The molecule has 0 bridgehead atoms. The average molecular weight is 263 g/mol. The lowest BCUT2D eigenvalue weighted by Crippen LogP contribution is -2.21. The first-order valence-corrected chi connectivity index (χ1v) is 5.99. The second-order valence-electron chi connectivity index (χ2n) is 4.16. The maximum atomic E-state index is 8.84. The first-order valence-electron chi connectivity index (χ1n) is 5.99. The van der Waals surface area contributed by atoms with Gasteiger partial charge in [0.1, 0.15) is 5.75 Å². The van der Waals surface area contributed by atoms with Crippen molar-refractivity contribution in [3.63, 3.8) is 0 Å².